The first-order chi connectivity index (χ1) is 56.3. The maximum absolute atomic E-state index is 15.0. The first-order valence-electron chi connectivity index (χ1n) is 38.9. The molecule has 0 radical (unpaired) electrons. The Kier molecular flexibility index (Phi) is 30.5. The molecule has 35 heteroatoms. The fraction of sp³-hybridized carbons (Fsp3) is 0.463. The summed E-state index contributed by atoms with van der Waals surface area (Å²) in [6, 6.07) is 21.6. The average molecular weight is 1670 g/mol. The molecule has 4 N–H and O–H groups in total. The Morgan fingerprint density at radius 1 is 0.487 bits per heavy atom. The highest BCUT2D eigenvalue weighted by Crippen LogP contribution is 2.48. The number of amides is 6. The van der Waals surface area contributed by atoms with Gasteiger partial charge in [0.05, 0.1) is 77.8 Å². The molecule has 6 amide bonds. The summed E-state index contributed by atoms with van der Waals surface area (Å²) in [7, 11) is 0. The number of pyridine rings is 2. The normalized spacial score (nSPS) is 17.2. The average Bonchev–Trinajstić information content (AvgIpc) is 1.62. The van der Waals surface area contributed by atoms with Crippen molar-refractivity contribution in [3.63, 3.8) is 0 Å². The molecule has 2 saturated heterocycles. The van der Waals surface area contributed by atoms with Crippen LogP contribution in [0.1, 0.15) is 147 Å². The van der Waals surface area contributed by atoms with E-state index in [-0.39, 0.29) is 139 Å². The van der Waals surface area contributed by atoms with E-state index in [9.17, 15) is 57.0 Å². The van der Waals surface area contributed by atoms with Crippen LogP contribution < -0.4 is 30.4 Å². The molecule has 6 heterocycles. The zero-order chi connectivity index (χ0) is 83.4. The van der Waals surface area contributed by atoms with Crippen LogP contribution in [0.5, 0.6) is 23.3 Å². The number of ether oxygens (including phenoxy) is 7. The van der Waals surface area contributed by atoms with Crippen LogP contribution in [0.25, 0.3) is 11.1 Å². The predicted molar refractivity (Wildman–Crippen MR) is 416 cm³/mol. The molecule has 29 nitrogen and oxygen atoms in total. The van der Waals surface area contributed by atoms with Gasteiger partial charge in [0.15, 0.2) is 23.1 Å². The van der Waals surface area contributed by atoms with Gasteiger partial charge in [-0.25, -0.2) is 37.1 Å². The number of unbranched alkanes of at least 4 members (excludes halogenated alkanes) is 1. The predicted octanol–water partition coefficient (Wildman–Crippen LogP) is 13.0. The van der Waals surface area contributed by atoms with Gasteiger partial charge in [-0.15, -0.1) is 20.2 Å². The van der Waals surface area contributed by atoms with Gasteiger partial charge in [0.1, 0.15) is 34.9 Å². The number of carbonyl (C=O) groups is 6. The van der Waals surface area contributed by atoms with Crippen LogP contribution in [0.3, 0.4) is 0 Å². The Morgan fingerprint density at radius 2 is 0.889 bits per heavy atom. The number of aryl methyl sites for hydroxylation is 2. The highest BCUT2D eigenvalue weighted by molar-refractivity contribution is 6.32. The fourth-order valence-electron chi connectivity index (χ4n) is 14.9. The number of halogens is 6. The highest BCUT2D eigenvalue weighted by Gasteiger charge is 2.51. The Balaban J connectivity index is 0.000000230. The van der Waals surface area contributed by atoms with E-state index in [4.69, 9.17) is 67.8 Å². The fourth-order valence-corrected chi connectivity index (χ4v) is 15.3. The third-order valence-corrected chi connectivity index (χ3v) is 21.8. The van der Waals surface area contributed by atoms with E-state index in [1.54, 1.807) is 22.2 Å². The van der Waals surface area contributed by atoms with E-state index >= 15 is 9.59 Å². The van der Waals surface area contributed by atoms with Crippen LogP contribution in [0.15, 0.2) is 108 Å². The van der Waals surface area contributed by atoms with E-state index in [0.717, 1.165) is 106 Å². The summed E-state index contributed by atoms with van der Waals surface area (Å²) >= 11 is 11.8. The number of hydrogen-bond acceptors (Lipinski definition) is 21. The molecule has 6 aliphatic rings. The number of hydrogen-bond donors (Lipinski definition) is 2. The van der Waals surface area contributed by atoms with Crippen molar-refractivity contribution >= 4 is 70.2 Å². The third kappa shape index (κ3) is 23.0. The summed E-state index contributed by atoms with van der Waals surface area (Å²) in [4.78, 5) is 125. The summed E-state index contributed by atoms with van der Waals surface area (Å²) in [5.41, 5.74) is 20.1. The van der Waals surface area contributed by atoms with Crippen molar-refractivity contribution in [1.82, 2.24) is 29.6 Å². The lowest BCUT2D eigenvalue weighted by Gasteiger charge is -2.38. The number of fused-ring (bicyclic) bond motifs is 4. The van der Waals surface area contributed by atoms with Crippen LogP contribution in [-0.4, -0.2) is 178 Å². The number of nitrogens with zero attached hydrogens (tertiary/aromatic N) is 8. The Hall–Kier alpha value is -11.1. The van der Waals surface area contributed by atoms with E-state index < -0.39 is 79.6 Å². The molecule has 4 fully saturated rings. The number of benzene rings is 4. The van der Waals surface area contributed by atoms with E-state index in [1.165, 1.54) is 0 Å². The molecule has 2 saturated carbocycles. The SMILES string of the molecule is Cc1c(CN(C(=O)C2=C(c3ccc(CCCOc4c(F)ccc(F)c4Cl)cc3)CC3CCC2N3C(=O)OCCCCO[N+](=O)[O-])C2CC2)ccnc1OCCC(N)=O.Cc1c(CN(C(=O)C2=C(c3ccc(CCCOc4c(F)ccc(F)c4Cl)cc3)CC3CCC2N3C(=O)OCCOCCO[N+](=O)[O-])C2CC2)ccnc1OCCC(N)=O. The van der Waals surface area contributed by atoms with Crippen molar-refractivity contribution in [2.75, 3.05) is 66.1 Å². The maximum Gasteiger partial charge on any atom is 0.410 e. The van der Waals surface area contributed by atoms with Crippen molar-refractivity contribution in [2.24, 2.45) is 11.5 Å². The van der Waals surface area contributed by atoms with Crippen LogP contribution >= 0.6 is 23.2 Å². The zero-order valence-corrected chi connectivity index (χ0v) is 66.2. The van der Waals surface area contributed by atoms with Gasteiger partial charge in [0, 0.05) is 71.9 Å². The number of nitrogens with two attached hydrogens (primary N) is 2. The molecule has 0 spiro atoms. The third-order valence-electron chi connectivity index (χ3n) is 21.1. The molecule has 4 bridgehead atoms. The Labute approximate surface area is 681 Å². The van der Waals surface area contributed by atoms with Crippen LogP contribution in [0.4, 0.5) is 27.2 Å². The molecular formula is C82H92Cl2F4N10O19. The molecule has 117 heavy (non-hydrogen) atoms. The van der Waals surface area contributed by atoms with Gasteiger partial charge in [-0.1, -0.05) is 71.7 Å². The van der Waals surface area contributed by atoms with Crippen LogP contribution in [0.2, 0.25) is 10.0 Å². The zero-order valence-electron chi connectivity index (χ0n) is 64.7. The summed E-state index contributed by atoms with van der Waals surface area (Å²) in [6.45, 7) is 4.18. The molecule has 4 unspecified atom stereocenters. The second kappa shape index (κ2) is 41.2. The molecule has 626 valence electrons. The lowest BCUT2D eigenvalue weighted by atomic mass is 9.87. The standard InChI is InChI=1S/C41H46ClF2N5O10.C41H46ClF2N5O9/c1-25-28(14-16-46-39(25)57-18-15-35(45)50)24-47(29-8-9-29)40(51)36-31(23-30-10-13-34(36)48(30)41(52)58-21-19-55-20-22-59-49(53)54)27-6-4-26(5-7-27)3-2-17-56-38-33(44)12-11-32(43)37(38)42;1-25-28(16-18-46-39(25)56-22-17-35(45)50)24-47(29-10-11-29)40(51)36-31(23-30-12-15-34(36)48(30)41(52)57-19-2-3-21-58-49(53)54)27-8-6-26(7-9-27)5-4-20-55-38-33(44)14-13-32(43)37(38)42/h4-7,11-12,14,16,29-30,34H,2-3,8-10,13,15,17-24H2,1H3,(H2,45,50);6-9,13-14,16,18,29-30,34H,2-5,10-12,15,17,19-24H2,1H3,(H2,45,50). The number of carbonyl (C=O) groups excluding carboxylic acids is 6. The monoisotopic (exact) mass is 1670 g/mol. The van der Waals surface area contributed by atoms with Gasteiger partial charge < -0.3 is 64.1 Å². The molecule has 4 aromatic carbocycles. The van der Waals surface area contributed by atoms with Crippen LogP contribution in [-0.2, 0) is 69.0 Å². The maximum atomic E-state index is 15.0. The van der Waals surface area contributed by atoms with Crippen molar-refractivity contribution < 1.29 is 99.3 Å². The summed E-state index contributed by atoms with van der Waals surface area (Å²) in [6.07, 6.45) is 11.6. The van der Waals surface area contributed by atoms with Crippen molar-refractivity contribution in [1.29, 1.82) is 0 Å². The van der Waals surface area contributed by atoms with Crippen molar-refractivity contribution in [3.8, 4) is 23.3 Å². The molecule has 2 aliphatic carbocycles. The smallest absolute Gasteiger partial charge is 0.410 e. The highest BCUT2D eigenvalue weighted by atomic mass is 35.5. The summed E-state index contributed by atoms with van der Waals surface area (Å²) in [5.74, 6) is -4.29. The second-order valence-electron chi connectivity index (χ2n) is 29.1. The van der Waals surface area contributed by atoms with Gasteiger partial charge in [-0.05, 0) is 198 Å². The van der Waals surface area contributed by atoms with Crippen LogP contribution in [0, 0.1) is 57.3 Å². The van der Waals surface area contributed by atoms with Gasteiger partial charge in [0.25, 0.3) is 22.0 Å². The van der Waals surface area contributed by atoms with Gasteiger partial charge in [-0.2, -0.15) is 0 Å². The topological polar surface area (TPSA) is 363 Å². The molecule has 2 aromatic heterocycles. The lowest BCUT2D eigenvalue weighted by Crippen LogP contribution is -2.49. The largest absolute Gasteiger partial charge is 0.489 e. The Morgan fingerprint density at radius 3 is 1.31 bits per heavy atom. The van der Waals surface area contributed by atoms with E-state index in [0.29, 0.717) is 100.0 Å². The first kappa shape index (κ1) is 86.8. The molecule has 12 rings (SSSR count). The van der Waals surface area contributed by atoms with Crippen molar-refractivity contribution in [3.05, 3.63) is 207 Å². The molecular weight excluding hydrogens is 1580 g/mol. The minimum absolute atomic E-state index is 0.00529. The Bertz CT molecular complexity index is 4660. The minimum atomic E-state index is -0.913. The van der Waals surface area contributed by atoms with Crippen molar-refractivity contribution in [2.45, 2.75) is 179 Å². The second-order valence-corrected chi connectivity index (χ2v) is 29.8. The van der Waals surface area contributed by atoms with Gasteiger partial charge >= 0.3 is 12.2 Å². The molecule has 4 aliphatic heterocycles. The number of rotatable bonds is 41. The van der Waals surface area contributed by atoms with Gasteiger partial charge in [0.2, 0.25) is 23.6 Å². The summed E-state index contributed by atoms with van der Waals surface area (Å²) < 4.78 is 95.0. The van der Waals surface area contributed by atoms with Gasteiger partial charge in [-0.3, -0.25) is 29.0 Å². The number of aromatic nitrogens is 2. The minimum Gasteiger partial charge on any atom is -0.489 e. The molecule has 4 atom stereocenters. The number of primary amides is 2. The molecule has 6 aromatic rings. The quantitative estimate of drug-likeness (QED) is 0.0118. The van der Waals surface area contributed by atoms with E-state index in [2.05, 4.69) is 19.6 Å². The summed E-state index contributed by atoms with van der Waals surface area (Å²) in [5, 5.41) is 18.3. The first-order valence-corrected chi connectivity index (χ1v) is 39.6. The lowest BCUT2D eigenvalue weighted by molar-refractivity contribution is -0.758. The van der Waals surface area contributed by atoms with E-state index in [1.807, 2.05) is 84.3 Å².